The summed E-state index contributed by atoms with van der Waals surface area (Å²) in [6, 6.07) is 24.1. The molecule has 1 fully saturated rings. The Bertz CT molecular complexity index is 1140. The Labute approximate surface area is 205 Å². The molecule has 5 rings (SSSR count). The molecule has 0 aliphatic carbocycles. The molecule has 5 nitrogen and oxygen atoms in total. The number of carbonyl (C=O) groups is 1. The summed E-state index contributed by atoms with van der Waals surface area (Å²) in [4.78, 5) is 15.6. The van der Waals surface area contributed by atoms with Crippen LogP contribution in [-0.4, -0.2) is 48.8 Å². The molecule has 0 unspecified atom stereocenters. The summed E-state index contributed by atoms with van der Waals surface area (Å²) in [7, 11) is 0. The van der Waals surface area contributed by atoms with Gasteiger partial charge in [0.05, 0.1) is 25.4 Å². The fraction of sp³-hybridized carbons (Fsp3) is 0.345. The van der Waals surface area contributed by atoms with Gasteiger partial charge in [-0.3, -0.25) is 4.79 Å². The first-order valence-electron chi connectivity index (χ1n) is 12.3. The van der Waals surface area contributed by atoms with Crippen LogP contribution in [0.2, 0.25) is 0 Å². The van der Waals surface area contributed by atoms with Crippen LogP contribution in [0.3, 0.4) is 0 Å². The van der Waals surface area contributed by atoms with Crippen molar-refractivity contribution in [3.63, 3.8) is 0 Å². The second-order valence-electron chi connectivity index (χ2n) is 9.30. The highest BCUT2D eigenvalue weighted by Crippen LogP contribution is 2.36. The van der Waals surface area contributed by atoms with Gasteiger partial charge in [0.25, 0.3) is 5.91 Å². The molecule has 0 bridgehead atoms. The summed E-state index contributed by atoms with van der Waals surface area (Å²) in [5.74, 6) is -0.373. The van der Waals surface area contributed by atoms with E-state index in [9.17, 15) is 9.18 Å². The SMILES string of the molecule is N[C@H]1C[C@H](C(=O)N2CCc3ccccc3[C@@H]2c2ccc(F)cc2)OC[C@@H]1OCCc1ccccc1. The Balaban J connectivity index is 1.26. The zero-order chi connectivity index (χ0) is 24.2. The van der Waals surface area contributed by atoms with Crippen LogP contribution in [0.25, 0.3) is 0 Å². The van der Waals surface area contributed by atoms with Crippen molar-refractivity contribution < 1.29 is 18.7 Å². The largest absolute Gasteiger partial charge is 0.374 e. The van der Waals surface area contributed by atoms with E-state index in [2.05, 4.69) is 18.2 Å². The van der Waals surface area contributed by atoms with E-state index in [1.54, 1.807) is 12.1 Å². The van der Waals surface area contributed by atoms with E-state index in [1.165, 1.54) is 23.3 Å². The van der Waals surface area contributed by atoms with E-state index in [4.69, 9.17) is 15.2 Å². The summed E-state index contributed by atoms with van der Waals surface area (Å²) in [6.07, 6.45) is 1.12. The van der Waals surface area contributed by atoms with Gasteiger partial charge in [-0.05, 0) is 47.2 Å². The molecule has 2 heterocycles. The Kier molecular flexibility index (Phi) is 7.23. The molecule has 35 heavy (non-hydrogen) atoms. The summed E-state index contributed by atoms with van der Waals surface area (Å²) < 4.78 is 25.7. The number of benzene rings is 3. The lowest BCUT2D eigenvalue weighted by Gasteiger charge is -2.41. The number of carbonyl (C=O) groups excluding carboxylic acids is 1. The molecule has 1 saturated heterocycles. The van der Waals surface area contributed by atoms with Crippen molar-refractivity contribution >= 4 is 5.91 Å². The van der Waals surface area contributed by atoms with Crippen molar-refractivity contribution in [3.8, 4) is 0 Å². The highest BCUT2D eigenvalue weighted by atomic mass is 19.1. The Morgan fingerprint density at radius 3 is 2.54 bits per heavy atom. The highest BCUT2D eigenvalue weighted by molar-refractivity contribution is 5.82. The van der Waals surface area contributed by atoms with E-state index in [0.717, 1.165) is 24.0 Å². The molecule has 3 aromatic rings. The van der Waals surface area contributed by atoms with Crippen molar-refractivity contribution in [1.82, 2.24) is 4.90 Å². The molecule has 2 aliphatic heterocycles. The van der Waals surface area contributed by atoms with Gasteiger partial charge in [0.1, 0.15) is 11.9 Å². The minimum Gasteiger partial charge on any atom is -0.374 e. The maximum absolute atomic E-state index is 13.7. The number of hydrogen-bond donors (Lipinski definition) is 1. The number of ether oxygens (including phenoxy) is 2. The summed E-state index contributed by atoms with van der Waals surface area (Å²) >= 11 is 0. The van der Waals surface area contributed by atoms with Crippen molar-refractivity contribution in [2.75, 3.05) is 19.8 Å². The number of rotatable bonds is 6. The van der Waals surface area contributed by atoms with Crippen LogP contribution in [0.15, 0.2) is 78.9 Å². The maximum atomic E-state index is 13.7. The Morgan fingerprint density at radius 1 is 1.03 bits per heavy atom. The second-order valence-corrected chi connectivity index (χ2v) is 9.30. The van der Waals surface area contributed by atoms with E-state index in [1.807, 2.05) is 41.3 Å². The van der Waals surface area contributed by atoms with Crippen LogP contribution in [0.1, 0.15) is 34.7 Å². The average Bonchev–Trinajstić information content (AvgIpc) is 2.90. The molecule has 3 aromatic carbocycles. The molecule has 0 saturated carbocycles. The first kappa shape index (κ1) is 23.7. The normalized spacial score (nSPS) is 24.1. The minimum atomic E-state index is -0.618. The molecule has 6 heteroatoms. The fourth-order valence-electron chi connectivity index (χ4n) is 5.11. The highest BCUT2D eigenvalue weighted by Gasteiger charge is 2.39. The van der Waals surface area contributed by atoms with Gasteiger partial charge in [-0.25, -0.2) is 4.39 Å². The monoisotopic (exact) mass is 474 g/mol. The maximum Gasteiger partial charge on any atom is 0.252 e. The van der Waals surface area contributed by atoms with Gasteiger partial charge in [0, 0.05) is 19.0 Å². The smallest absolute Gasteiger partial charge is 0.252 e. The molecule has 0 radical (unpaired) electrons. The second kappa shape index (κ2) is 10.7. The van der Waals surface area contributed by atoms with Crippen LogP contribution >= 0.6 is 0 Å². The molecule has 2 aliphatic rings. The average molecular weight is 475 g/mol. The van der Waals surface area contributed by atoms with Gasteiger partial charge in [0.15, 0.2) is 0 Å². The van der Waals surface area contributed by atoms with Gasteiger partial charge < -0.3 is 20.1 Å². The molecule has 2 N–H and O–H groups in total. The van der Waals surface area contributed by atoms with Crippen LogP contribution in [-0.2, 0) is 27.1 Å². The number of nitrogens with zero attached hydrogens (tertiary/aromatic N) is 1. The van der Waals surface area contributed by atoms with Crippen molar-refractivity contribution in [2.24, 2.45) is 5.73 Å². The van der Waals surface area contributed by atoms with Gasteiger partial charge in [-0.1, -0.05) is 66.7 Å². The fourth-order valence-corrected chi connectivity index (χ4v) is 5.11. The molecule has 0 spiro atoms. The first-order valence-corrected chi connectivity index (χ1v) is 12.3. The summed E-state index contributed by atoms with van der Waals surface area (Å²) in [6.45, 7) is 1.42. The quantitative estimate of drug-likeness (QED) is 0.586. The van der Waals surface area contributed by atoms with Gasteiger partial charge in [-0.2, -0.15) is 0 Å². The minimum absolute atomic E-state index is 0.0768. The van der Waals surface area contributed by atoms with Crippen molar-refractivity contribution in [2.45, 2.75) is 43.6 Å². The third-order valence-electron chi connectivity index (χ3n) is 7.02. The molecule has 4 atom stereocenters. The van der Waals surface area contributed by atoms with Gasteiger partial charge >= 0.3 is 0 Å². The van der Waals surface area contributed by atoms with Crippen LogP contribution < -0.4 is 5.73 Å². The van der Waals surface area contributed by atoms with Gasteiger partial charge in [0.2, 0.25) is 0 Å². The predicted molar refractivity (Wildman–Crippen MR) is 132 cm³/mol. The third kappa shape index (κ3) is 5.30. The Hall–Kier alpha value is -3.06. The lowest BCUT2D eigenvalue weighted by molar-refractivity contribution is -0.157. The van der Waals surface area contributed by atoms with Gasteiger partial charge in [-0.15, -0.1) is 0 Å². The number of amides is 1. The molecular weight excluding hydrogens is 443 g/mol. The number of halogens is 1. The van der Waals surface area contributed by atoms with E-state index in [-0.39, 0.29) is 36.5 Å². The summed E-state index contributed by atoms with van der Waals surface area (Å²) in [5.41, 5.74) is 10.8. The lowest BCUT2D eigenvalue weighted by atomic mass is 9.87. The zero-order valence-electron chi connectivity index (χ0n) is 19.7. The zero-order valence-corrected chi connectivity index (χ0v) is 19.7. The topological polar surface area (TPSA) is 64.8 Å². The molecular formula is C29H31FN2O3. The summed E-state index contributed by atoms with van der Waals surface area (Å²) in [5, 5.41) is 0. The van der Waals surface area contributed by atoms with E-state index < -0.39 is 6.10 Å². The van der Waals surface area contributed by atoms with Crippen molar-refractivity contribution in [1.29, 1.82) is 0 Å². The van der Waals surface area contributed by atoms with Crippen LogP contribution in [0, 0.1) is 5.82 Å². The first-order chi connectivity index (χ1) is 17.1. The van der Waals surface area contributed by atoms with Crippen LogP contribution in [0.5, 0.6) is 0 Å². The number of nitrogens with two attached hydrogens (primary N) is 1. The van der Waals surface area contributed by atoms with E-state index in [0.29, 0.717) is 19.6 Å². The third-order valence-corrected chi connectivity index (χ3v) is 7.02. The lowest BCUT2D eigenvalue weighted by Crippen LogP contribution is -2.54. The molecule has 1 amide bonds. The number of hydrogen-bond acceptors (Lipinski definition) is 4. The Morgan fingerprint density at radius 2 is 1.77 bits per heavy atom. The predicted octanol–water partition coefficient (Wildman–Crippen LogP) is 4.04. The van der Waals surface area contributed by atoms with Crippen LogP contribution in [0.4, 0.5) is 4.39 Å². The van der Waals surface area contributed by atoms with E-state index >= 15 is 0 Å². The molecule has 182 valence electrons. The van der Waals surface area contributed by atoms with Crippen molar-refractivity contribution in [3.05, 3.63) is 107 Å². The standard InChI is InChI=1S/C29H31FN2O3/c30-23-12-10-22(11-13-23)28-24-9-5-4-8-21(24)14-16-32(28)29(33)26-18-25(31)27(19-35-26)34-17-15-20-6-2-1-3-7-20/h1-13,25-28H,14-19,31H2/t25-,26+,27-,28-/m0/s1. The molecule has 0 aromatic heterocycles. The number of fused-ring (bicyclic) bond motifs is 1.